The predicted molar refractivity (Wildman–Crippen MR) is 67.4 cm³/mol. The highest BCUT2D eigenvalue weighted by Gasteiger charge is 2.10. The third kappa shape index (κ3) is 4.23. The summed E-state index contributed by atoms with van der Waals surface area (Å²) in [4.78, 5) is 11.4. The van der Waals surface area contributed by atoms with Crippen LogP contribution in [0.2, 0.25) is 0 Å². The van der Waals surface area contributed by atoms with E-state index in [-0.39, 0.29) is 18.0 Å². The summed E-state index contributed by atoms with van der Waals surface area (Å²) in [5.41, 5.74) is -0.742. The third-order valence-corrected chi connectivity index (χ3v) is 2.26. The molecular weight excluding hydrogens is 276 g/mol. The fourth-order valence-electron chi connectivity index (χ4n) is 1.18. The average molecular weight is 286 g/mol. The Morgan fingerprint density at radius 2 is 2.05 bits per heavy atom. The fourth-order valence-corrected chi connectivity index (χ4v) is 1.28. The van der Waals surface area contributed by atoms with Gasteiger partial charge in [0.05, 0.1) is 0 Å². The molecule has 1 amide bonds. The second-order valence-electron chi connectivity index (χ2n) is 3.36. The summed E-state index contributed by atoms with van der Waals surface area (Å²) < 4.78 is 26.6. The first-order chi connectivity index (χ1) is 9.10. The Hall–Kier alpha value is -2.13. The van der Waals surface area contributed by atoms with E-state index < -0.39 is 23.2 Å². The van der Waals surface area contributed by atoms with Crippen molar-refractivity contribution in [3.8, 4) is 6.07 Å². The van der Waals surface area contributed by atoms with Gasteiger partial charge in [-0.05, 0) is 12.1 Å². The van der Waals surface area contributed by atoms with Crippen LogP contribution < -0.4 is 10.6 Å². The van der Waals surface area contributed by atoms with Crippen molar-refractivity contribution in [2.45, 2.75) is 0 Å². The maximum atomic E-state index is 13.3. The minimum Gasteiger partial charge on any atom is -0.355 e. The highest BCUT2D eigenvalue weighted by Crippen LogP contribution is 2.18. The molecule has 0 fully saturated rings. The van der Waals surface area contributed by atoms with E-state index in [1.807, 2.05) is 0 Å². The zero-order valence-corrected chi connectivity index (χ0v) is 10.5. The van der Waals surface area contributed by atoms with E-state index in [4.69, 9.17) is 16.9 Å². The Morgan fingerprint density at radius 3 is 2.58 bits per heavy atom. The lowest BCUT2D eigenvalue weighted by atomic mass is 10.2. The molecular formula is C12H10ClF2N3O. The second-order valence-corrected chi connectivity index (χ2v) is 3.73. The number of para-hydroxylation sites is 1. The van der Waals surface area contributed by atoms with Crippen LogP contribution in [0.3, 0.4) is 0 Å². The summed E-state index contributed by atoms with van der Waals surface area (Å²) in [6.45, 7) is 0.188. The Bertz CT molecular complexity index is 520. The van der Waals surface area contributed by atoms with Gasteiger partial charge in [-0.15, -0.1) is 11.6 Å². The van der Waals surface area contributed by atoms with Gasteiger partial charge in [-0.3, -0.25) is 4.79 Å². The standard InChI is InChI=1S/C12H10ClF2N3O/c13-4-5-17-12(19)8(6-16)7-18-11-9(14)2-1-3-10(11)15/h1-3,7,18H,4-5H2,(H,17,19)/b8-7-. The van der Waals surface area contributed by atoms with Crippen molar-refractivity contribution in [2.75, 3.05) is 17.7 Å². The van der Waals surface area contributed by atoms with Crippen molar-refractivity contribution in [2.24, 2.45) is 0 Å². The topological polar surface area (TPSA) is 64.9 Å². The number of hydrogen-bond donors (Lipinski definition) is 2. The van der Waals surface area contributed by atoms with Gasteiger partial charge in [0.25, 0.3) is 5.91 Å². The minimum absolute atomic E-state index is 0.188. The van der Waals surface area contributed by atoms with Crippen molar-refractivity contribution >= 4 is 23.2 Å². The van der Waals surface area contributed by atoms with E-state index in [2.05, 4.69) is 10.6 Å². The maximum Gasteiger partial charge on any atom is 0.263 e. The number of anilines is 1. The van der Waals surface area contributed by atoms with Gasteiger partial charge < -0.3 is 10.6 Å². The zero-order chi connectivity index (χ0) is 14.3. The molecule has 19 heavy (non-hydrogen) atoms. The highest BCUT2D eigenvalue weighted by molar-refractivity contribution is 6.18. The number of rotatable bonds is 5. The lowest BCUT2D eigenvalue weighted by Gasteiger charge is -2.05. The molecule has 1 aromatic carbocycles. The Labute approximate surface area is 113 Å². The lowest BCUT2D eigenvalue weighted by Crippen LogP contribution is -2.26. The maximum absolute atomic E-state index is 13.3. The van der Waals surface area contributed by atoms with Crippen LogP contribution in [0.1, 0.15) is 0 Å². The molecule has 100 valence electrons. The summed E-state index contributed by atoms with van der Waals surface area (Å²) in [6, 6.07) is 4.93. The van der Waals surface area contributed by atoms with Crippen molar-refractivity contribution in [1.29, 1.82) is 5.26 Å². The van der Waals surface area contributed by atoms with Gasteiger partial charge in [0.15, 0.2) is 0 Å². The first-order valence-electron chi connectivity index (χ1n) is 5.25. The number of amides is 1. The molecule has 2 N–H and O–H groups in total. The van der Waals surface area contributed by atoms with Crippen LogP contribution in [0.4, 0.5) is 14.5 Å². The molecule has 4 nitrogen and oxygen atoms in total. The highest BCUT2D eigenvalue weighted by atomic mass is 35.5. The van der Waals surface area contributed by atoms with Crippen molar-refractivity contribution in [3.63, 3.8) is 0 Å². The summed E-state index contributed by atoms with van der Waals surface area (Å²) >= 11 is 5.38. The molecule has 0 aliphatic carbocycles. The largest absolute Gasteiger partial charge is 0.355 e. The Balaban J connectivity index is 2.84. The molecule has 0 spiro atoms. The average Bonchev–Trinajstić information content (AvgIpc) is 2.39. The van der Waals surface area contributed by atoms with Crippen molar-refractivity contribution < 1.29 is 13.6 Å². The Morgan fingerprint density at radius 1 is 1.42 bits per heavy atom. The number of carbonyl (C=O) groups is 1. The first-order valence-corrected chi connectivity index (χ1v) is 5.78. The fraction of sp³-hybridized carbons (Fsp3) is 0.167. The summed E-state index contributed by atoms with van der Waals surface area (Å²) in [7, 11) is 0. The molecule has 1 aromatic rings. The molecule has 0 radical (unpaired) electrons. The van der Waals surface area contributed by atoms with Crippen LogP contribution in [-0.4, -0.2) is 18.3 Å². The molecule has 0 heterocycles. The molecule has 0 unspecified atom stereocenters. The van der Waals surface area contributed by atoms with Gasteiger partial charge in [-0.1, -0.05) is 6.07 Å². The second kappa shape index (κ2) is 7.34. The van der Waals surface area contributed by atoms with Crippen LogP contribution in [0, 0.1) is 23.0 Å². The van der Waals surface area contributed by atoms with Gasteiger partial charge in [0.1, 0.15) is 29.0 Å². The predicted octanol–water partition coefficient (Wildman–Crippen LogP) is 2.14. The number of nitrogens with one attached hydrogen (secondary N) is 2. The number of nitrogens with zero attached hydrogens (tertiary/aromatic N) is 1. The molecule has 0 aliphatic rings. The number of benzene rings is 1. The van der Waals surface area contributed by atoms with Crippen molar-refractivity contribution in [1.82, 2.24) is 5.32 Å². The molecule has 0 bridgehead atoms. The van der Waals surface area contributed by atoms with Gasteiger partial charge >= 0.3 is 0 Å². The van der Waals surface area contributed by atoms with E-state index in [0.717, 1.165) is 18.3 Å². The summed E-state index contributed by atoms with van der Waals surface area (Å²) in [5.74, 6) is -2.13. The molecule has 0 atom stereocenters. The van der Waals surface area contributed by atoms with E-state index in [9.17, 15) is 13.6 Å². The molecule has 7 heteroatoms. The van der Waals surface area contributed by atoms with E-state index in [1.165, 1.54) is 6.07 Å². The molecule has 0 aromatic heterocycles. The van der Waals surface area contributed by atoms with Crippen molar-refractivity contribution in [3.05, 3.63) is 41.6 Å². The van der Waals surface area contributed by atoms with Crippen LogP contribution in [-0.2, 0) is 4.79 Å². The van der Waals surface area contributed by atoms with Gasteiger partial charge in [-0.2, -0.15) is 5.26 Å². The number of hydrogen-bond acceptors (Lipinski definition) is 3. The van der Waals surface area contributed by atoms with Crippen LogP contribution >= 0.6 is 11.6 Å². The summed E-state index contributed by atoms with van der Waals surface area (Å²) in [6.07, 6.45) is 0.936. The number of nitriles is 1. The lowest BCUT2D eigenvalue weighted by molar-refractivity contribution is -0.117. The van der Waals surface area contributed by atoms with Crippen LogP contribution in [0.5, 0.6) is 0 Å². The molecule has 0 saturated heterocycles. The van der Waals surface area contributed by atoms with Crippen LogP contribution in [0.15, 0.2) is 30.0 Å². The number of alkyl halides is 1. The smallest absolute Gasteiger partial charge is 0.263 e. The molecule has 1 rings (SSSR count). The van der Waals surface area contributed by atoms with E-state index in [0.29, 0.717) is 0 Å². The zero-order valence-electron chi connectivity index (χ0n) is 9.71. The monoisotopic (exact) mass is 285 g/mol. The summed E-state index contributed by atoms with van der Waals surface area (Å²) in [5, 5.41) is 13.4. The van der Waals surface area contributed by atoms with Gasteiger partial charge in [0, 0.05) is 18.6 Å². The third-order valence-electron chi connectivity index (χ3n) is 2.07. The Kier molecular flexibility index (Phi) is 5.76. The van der Waals surface area contributed by atoms with Gasteiger partial charge in [0.2, 0.25) is 0 Å². The van der Waals surface area contributed by atoms with Gasteiger partial charge in [-0.25, -0.2) is 8.78 Å². The first kappa shape index (κ1) is 14.9. The van der Waals surface area contributed by atoms with E-state index >= 15 is 0 Å². The number of carbonyl (C=O) groups excluding carboxylic acids is 1. The van der Waals surface area contributed by atoms with Crippen LogP contribution in [0.25, 0.3) is 0 Å². The minimum atomic E-state index is -0.824. The normalized spacial score (nSPS) is 10.7. The molecule has 0 aliphatic heterocycles. The molecule has 0 saturated carbocycles. The quantitative estimate of drug-likeness (QED) is 0.495. The SMILES string of the molecule is N#C/C(=C/Nc1c(F)cccc1F)C(=O)NCCCl. The number of halogens is 3. The van der Waals surface area contributed by atoms with E-state index in [1.54, 1.807) is 6.07 Å².